The minimum Gasteiger partial charge on any atom is -0.409 e. The lowest BCUT2D eigenvalue weighted by atomic mass is 10.1. The van der Waals surface area contributed by atoms with Crippen molar-refractivity contribution in [3.05, 3.63) is 35.4 Å². The summed E-state index contributed by atoms with van der Waals surface area (Å²) < 4.78 is 0. The van der Waals surface area contributed by atoms with Crippen LogP contribution in [0, 0.1) is 0 Å². The van der Waals surface area contributed by atoms with E-state index in [0.717, 1.165) is 5.56 Å². The first-order valence-electron chi connectivity index (χ1n) is 5.01. The average Bonchev–Trinajstić information content (AvgIpc) is 2.35. The minimum absolute atomic E-state index is 0.00537. The number of amidine groups is 1. The average molecular weight is 221 g/mol. The van der Waals surface area contributed by atoms with Crippen LogP contribution in [0.2, 0.25) is 0 Å². The molecule has 0 atom stereocenters. The van der Waals surface area contributed by atoms with E-state index in [0.29, 0.717) is 18.5 Å². The third-order valence-electron chi connectivity index (χ3n) is 2.14. The van der Waals surface area contributed by atoms with Gasteiger partial charge in [-0.1, -0.05) is 30.3 Å². The Morgan fingerprint density at radius 3 is 2.94 bits per heavy atom. The second kappa shape index (κ2) is 5.75. The number of benzene rings is 1. The Morgan fingerprint density at radius 2 is 2.31 bits per heavy atom. The zero-order valence-electron chi connectivity index (χ0n) is 9.10. The SMILES string of the molecule is CCC(=O)NCc1cccc(C(N)=NO)c1. The van der Waals surface area contributed by atoms with Gasteiger partial charge in [-0.05, 0) is 11.6 Å². The number of oxime groups is 1. The molecular weight excluding hydrogens is 206 g/mol. The van der Waals surface area contributed by atoms with Crippen molar-refractivity contribution in [2.24, 2.45) is 10.9 Å². The molecule has 1 amide bonds. The van der Waals surface area contributed by atoms with E-state index in [1.165, 1.54) is 0 Å². The maximum absolute atomic E-state index is 11.1. The topological polar surface area (TPSA) is 87.7 Å². The van der Waals surface area contributed by atoms with E-state index in [-0.39, 0.29) is 11.7 Å². The molecule has 86 valence electrons. The fourth-order valence-corrected chi connectivity index (χ4v) is 1.22. The minimum atomic E-state index is -0.00537. The van der Waals surface area contributed by atoms with Crippen molar-refractivity contribution < 1.29 is 10.0 Å². The lowest BCUT2D eigenvalue weighted by Crippen LogP contribution is -2.21. The van der Waals surface area contributed by atoms with E-state index in [1.807, 2.05) is 6.07 Å². The molecule has 0 aliphatic rings. The number of carbonyl (C=O) groups is 1. The standard InChI is InChI=1S/C11H15N3O2/c1-2-10(15)13-7-8-4-3-5-9(6-8)11(12)14-16/h3-6,16H,2,7H2,1H3,(H2,12,14)(H,13,15). The van der Waals surface area contributed by atoms with Crippen LogP contribution in [-0.4, -0.2) is 17.0 Å². The van der Waals surface area contributed by atoms with Gasteiger partial charge in [0.1, 0.15) is 0 Å². The fourth-order valence-electron chi connectivity index (χ4n) is 1.22. The molecule has 0 bridgehead atoms. The van der Waals surface area contributed by atoms with Gasteiger partial charge in [0, 0.05) is 18.5 Å². The number of carbonyl (C=O) groups excluding carboxylic acids is 1. The molecule has 0 radical (unpaired) electrons. The lowest BCUT2D eigenvalue weighted by molar-refractivity contribution is -0.120. The molecule has 0 heterocycles. The molecule has 5 heteroatoms. The Morgan fingerprint density at radius 1 is 1.56 bits per heavy atom. The molecular formula is C11H15N3O2. The van der Waals surface area contributed by atoms with Gasteiger partial charge in [-0.3, -0.25) is 4.79 Å². The molecule has 0 aliphatic heterocycles. The van der Waals surface area contributed by atoms with Crippen LogP contribution in [0.3, 0.4) is 0 Å². The smallest absolute Gasteiger partial charge is 0.219 e. The molecule has 4 N–H and O–H groups in total. The van der Waals surface area contributed by atoms with Crippen molar-refractivity contribution in [1.82, 2.24) is 5.32 Å². The lowest BCUT2D eigenvalue weighted by Gasteiger charge is -2.05. The summed E-state index contributed by atoms with van der Waals surface area (Å²) in [6.45, 7) is 2.24. The van der Waals surface area contributed by atoms with E-state index >= 15 is 0 Å². The second-order valence-corrected chi connectivity index (χ2v) is 3.32. The van der Waals surface area contributed by atoms with Crippen LogP contribution in [0.4, 0.5) is 0 Å². The van der Waals surface area contributed by atoms with Crippen molar-refractivity contribution >= 4 is 11.7 Å². The largest absolute Gasteiger partial charge is 0.409 e. The van der Waals surface area contributed by atoms with Crippen molar-refractivity contribution in [2.75, 3.05) is 0 Å². The normalized spacial score (nSPS) is 11.2. The second-order valence-electron chi connectivity index (χ2n) is 3.32. The van der Waals surface area contributed by atoms with Gasteiger partial charge in [0.2, 0.25) is 5.91 Å². The quantitative estimate of drug-likeness (QED) is 0.304. The van der Waals surface area contributed by atoms with Crippen LogP contribution in [0.25, 0.3) is 0 Å². The number of nitrogens with zero attached hydrogens (tertiary/aromatic N) is 1. The van der Waals surface area contributed by atoms with Gasteiger partial charge in [-0.25, -0.2) is 0 Å². The Bertz CT molecular complexity index is 402. The zero-order chi connectivity index (χ0) is 12.0. The van der Waals surface area contributed by atoms with Gasteiger partial charge >= 0.3 is 0 Å². The van der Waals surface area contributed by atoms with Crippen LogP contribution < -0.4 is 11.1 Å². The predicted octanol–water partition coefficient (Wildman–Crippen LogP) is 0.807. The first-order chi connectivity index (χ1) is 7.67. The number of rotatable bonds is 4. The molecule has 5 nitrogen and oxygen atoms in total. The van der Waals surface area contributed by atoms with Crippen LogP contribution >= 0.6 is 0 Å². The molecule has 1 aromatic rings. The first-order valence-corrected chi connectivity index (χ1v) is 5.01. The van der Waals surface area contributed by atoms with Gasteiger partial charge in [0.25, 0.3) is 0 Å². The number of nitrogens with two attached hydrogens (primary N) is 1. The van der Waals surface area contributed by atoms with Crippen molar-refractivity contribution in [3.8, 4) is 0 Å². The molecule has 0 unspecified atom stereocenters. The van der Waals surface area contributed by atoms with Gasteiger partial charge in [0.15, 0.2) is 5.84 Å². The van der Waals surface area contributed by atoms with Crippen LogP contribution in [0.5, 0.6) is 0 Å². The number of hydrogen-bond donors (Lipinski definition) is 3. The van der Waals surface area contributed by atoms with Gasteiger partial charge in [0.05, 0.1) is 0 Å². The number of hydrogen-bond acceptors (Lipinski definition) is 3. The van der Waals surface area contributed by atoms with E-state index in [9.17, 15) is 4.79 Å². The highest BCUT2D eigenvalue weighted by molar-refractivity contribution is 5.97. The molecule has 0 aromatic heterocycles. The maximum atomic E-state index is 11.1. The number of nitrogens with one attached hydrogen (secondary N) is 1. The molecule has 1 rings (SSSR count). The highest BCUT2D eigenvalue weighted by Crippen LogP contribution is 2.04. The monoisotopic (exact) mass is 221 g/mol. The van der Waals surface area contributed by atoms with Crippen molar-refractivity contribution in [1.29, 1.82) is 0 Å². The summed E-state index contributed by atoms with van der Waals surface area (Å²) in [7, 11) is 0. The summed E-state index contributed by atoms with van der Waals surface area (Å²) in [5.41, 5.74) is 7.00. The van der Waals surface area contributed by atoms with Crippen LogP contribution in [0.1, 0.15) is 24.5 Å². The van der Waals surface area contributed by atoms with Crippen LogP contribution in [0.15, 0.2) is 29.4 Å². The Hall–Kier alpha value is -2.04. The summed E-state index contributed by atoms with van der Waals surface area (Å²) in [5.74, 6) is 0.0536. The molecule has 0 saturated carbocycles. The highest BCUT2D eigenvalue weighted by Gasteiger charge is 2.01. The highest BCUT2D eigenvalue weighted by atomic mass is 16.4. The fraction of sp³-hybridized carbons (Fsp3) is 0.273. The van der Waals surface area contributed by atoms with Gasteiger partial charge in [-0.2, -0.15) is 0 Å². The summed E-state index contributed by atoms with van der Waals surface area (Å²) in [6.07, 6.45) is 0.458. The van der Waals surface area contributed by atoms with Gasteiger partial charge < -0.3 is 16.3 Å². The molecule has 0 fully saturated rings. The molecule has 1 aromatic carbocycles. The van der Waals surface area contributed by atoms with E-state index in [4.69, 9.17) is 10.9 Å². The van der Waals surface area contributed by atoms with Crippen LogP contribution in [-0.2, 0) is 11.3 Å². The number of amides is 1. The third kappa shape index (κ3) is 3.27. The Kier molecular flexibility index (Phi) is 4.32. The molecule has 16 heavy (non-hydrogen) atoms. The van der Waals surface area contributed by atoms with E-state index in [1.54, 1.807) is 25.1 Å². The molecule has 0 saturated heterocycles. The van der Waals surface area contributed by atoms with Gasteiger partial charge in [-0.15, -0.1) is 0 Å². The van der Waals surface area contributed by atoms with E-state index in [2.05, 4.69) is 10.5 Å². The van der Waals surface area contributed by atoms with E-state index < -0.39 is 0 Å². The third-order valence-corrected chi connectivity index (χ3v) is 2.14. The summed E-state index contributed by atoms with van der Waals surface area (Å²) in [5, 5.41) is 14.2. The summed E-state index contributed by atoms with van der Waals surface area (Å²) >= 11 is 0. The summed E-state index contributed by atoms with van der Waals surface area (Å²) in [4.78, 5) is 11.1. The molecule has 0 spiro atoms. The first kappa shape index (κ1) is 12.0. The molecule has 0 aliphatic carbocycles. The predicted molar refractivity (Wildman–Crippen MR) is 61.1 cm³/mol. The Balaban J connectivity index is 2.71. The summed E-state index contributed by atoms with van der Waals surface area (Å²) in [6, 6.07) is 7.16. The zero-order valence-corrected chi connectivity index (χ0v) is 9.10. The maximum Gasteiger partial charge on any atom is 0.219 e. The Labute approximate surface area is 94.0 Å². The van der Waals surface area contributed by atoms with Crippen molar-refractivity contribution in [3.63, 3.8) is 0 Å². The van der Waals surface area contributed by atoms with Crippen molar-refractivity contribution in [2.45, 2.75) is 19.9 Å².